The van der Waals surface area contributed by atoms with Gasteiger partial charge >= 0.3 is 5.97 Å². The number of ether oxygens (including phenoxy) is 1. The van der Waals surface area contributed by atoms with Crippen molar-refractivity contribution in [3.8, 4) is 0 Å². The summed E-state index contributed by atoms with van der Waals surface area (Å²) in [5.74, 6) is 0.282. The Bertz CT molecular complexity index is 533. The monoisotopic (exact) mass is 297 g/mol. The number of amides is 1. The summed E-state index contributed by atoms with van der Waals surface area (Å²) in [6.45, 7) is 2.94. The summed E-state index contributed by atoms with van der Waals surface area (Å²) in [6.07, 6.45) is 2.04. The van der Waals surface area contributed by atoms with Crippen LogP contribution in [0.3, 0.4) is 0 Å². The van der Waals surface area contributed by atoms with Gasteiger partial charge in [0.1, 0.15) is 11.4 Å². The van der Waals surface area contributed by atoms with E-state index in [1.807, 2.05) is 6.92 Å². The highest BCUT2D eigenvalue weighted by Gasteiger charge is 2.34. The third kappa shape index (κ3) is 2.79. The number of aromatic nitrogens is 2. The van der Waals surface area contributed by atoms with E-state index in [4.69, 9.17) is 9.15 Å². The number of thioether (sulfide) groups is 1. The average molecular weight is 297 g/mol. The van der Waals surface area contributed by atoms with Crippen LogP contribution in [0.2, 0.25) is 0 Å². The molecule has 2 aliphatic rings. The molecule has 1 aromatic heterocycles. The van der Waals surface area contributed by atoms with E-state index in [9.17, 15) is 9.59 Å². The highest BCUT2D eigenvalue weighted by molar-refractivity contribution is 8.00. The first-order chi connectivity index (χ1) is 9.61. The predicted octanol–water partition coefficient (Wildman–Crippen LogP) is 0.988. The summed E-state index contributed by atoms with van der Waals surface area (Å²) in [7, 11) is 0. The molecule has 3 heterocycles. The first-order valence-electron chi connectivity index (χ1n) is 6.59. The zero-order valence-corrected chi connectivity index (χ0v) is 11.9. The molecule has 0 bridgehead atoms. The highest BCUT2D eigenvalue weighted by atomic mass is 32.2. The Kier molecular flexibility index (Phi) is 3.64. The van der Waals surface area contributed by atoms with Crippen LogP contribution in [0, 0.1) is 0 Å². The second-order valence-electron chi connectivity index (χ2n) is 4.97. The molecule has 3 rings (SSSR count). The minimum Gasteiger partial charge on any atom is -0.462 e. The van der Waals surface area contributed by atoms with Gasteiger partial charge in [-0.3, -0.25) is 9.59 Å². The first kappa shape index (κ1) is 13.4. The molecule has 1 amide bonds. The molecule has 0 aromatic carbocycles. The molecule has 0 aliphatic carbocycles. The topological polar surface area (TPSA) is 85.5 Å². The molecule has 2 aliphatic heterocycles. The lowest BCUT2D eigenvalue weighted by Crippen LogP contribution is -2.23. The van der Waals surface area contributed by atoms with Crippen molar-refractivity contribution in [1.29, 1.82) is 0 Å². The molecule has 2 saturated heterocycles. The highest BCUT2D eigenvalue weighted by Crippen LogP contribution is 2.31. The predicted molar refractivity (Wildman–Crippen MR) is 68.8 cm³/mol. The number of carbonyl (C=O) groups excluding carboxylic acids is 2. The van der Waals surface area contributed by atoms with E-state index in [1.165, 1.54) is 11.8 Å². The lowest BCUT2D eigenvalue weighted by Gasteiger charge is -2.11. The number of hydrogen-bond donors (Lipinski definition) is 0. The van der Waals surface area contributed by atoms with Crippen LogP contribution >= 0.6 is 11.8 Å². The van der Waals surface area contributed by atoms with E-state index < -0.39 is 0 Å². The second-order valence-corrected chi connectivity index (χ2v) is 6.12. The summed E-state index contributed by atoms with van der Waals surface area (Å²) < 4.78 is 10.6. The fraction of sp³-hybridized carbons (Fsp3) is 0.667. The van der Waals surface area contributed by atoms with Gasteiger partial charge < -0.3 is 14.1 Å². The molecule has 108 valence electrons. The Labute approximate surface area is 120 Å². The molecule has 2 fully saturated rings. The molecule has 0 saturated carbocycles. The minimum atomic E-state index is -0.285. The van der Waals surface area contributed by atoms with Gasteiger partial charge in [0.25, 0.3) is 5.22 Å². The van der Waals surface area contributed by atoms with Crippen LogP contribution in [0.5, 0.6) is 0 Å². The molecular weight excluding hydrogens is 282 g/mol. The first-order valence-corrected chi connectivity index (χ1v) is 7.47. The summed E-state index contributed by atoms with van der Waals surface area (Å²) in [4.78, 5) is 24.7. The number of hydrogen-bond acceptors (Lipinski definition) is 7. The Balaban J connectivity index is 1.59. The van der Waals surface area contributed by atoms with E-state index in [0.717, 1.165) is 13.0 Å². The SMILES string of the molecule is CC1CC(Sc2nnc(CN3CCCC3=O)o2)C(=O)O1. The van der Waals surface area contributed by atoms with Gasteiger partial charge in [-0.1, -0.05) is 0 Å². The van der Waals surface area contributed by atoms with E-state index in [0.29, 0.717) is 30.5 Å². The van der Waals surface area contributed by atoms with Gasteiger partial charge in [0, 0.05) is 19.4 Å². The molecule has 7 nitrogen and oxygen atoms in total. The second kappa shape index (κ2) is 5.43. The third-order valence-corrected chi connectivity index (χ3v) is 4.35. The summed E-state index contributed by atoms with van der Waals surface area (Å²) >= 11 is 1.22. The maximum Gasteiger partial charge on any atom is 0.320 e. The maximum atomic E-state index is 11.5. The van der Waals surface area contributed by atoms with Crippen LogP contribution in [0.4, 0.5) is 0 Å². The molecule has 0 radical (unpaired) electrons. The number of carbonyl (C=O) groups is 2. The third-order valence-electron chi connectivity index (χ3n) is 3.32. The largest absolute Gasteiger partial charge is 0.462 e. The van der Waals surface area contributed by atoms with Gasteiger partial charge in [0.05, 0.1) is 6.54 Å². The van der Waals surface area contributed by atoms with Gasteiger partial charge in [-0.25, -0.2) is 0 Å². The van der Waals surface area contributed by atoms with Crippen molar-refractivity contribution in [3.63, 3.8) is 0 Å². The van der Waals surface area contributed by atoms with Crippen molar-refractivity contribution in [2.75, 3.05) is 6.54 Å². The number of likely N-dealkylation sites (tertiary alicyclic amines) is 1. The van der Waals surface area contributed by atoms with E-state index in [-0.39, 0.29) is 23.2 Å². The molecule has 20 heavy (non-hydrogen) atoms. The van der Waals surface area contributed by atoms with Crippen molar-refractivity contribution in [3.05, 3.63) is 5.89 Å². The van der Waals surface area contributed by atoms with Crippen molar-refractivity contribution < 1.29 is 18.7 Å². The fourth-order valence-corrected chi connectivity index (χ4v) is 3.32. The van der Waals surface area contributed by atoms with Crippen LogP contribution in [-0.4, -0.2) is 44.9 Å². The molecule has 1 aromatic rings. The molecular formula is C12H15N3O4S. The van der Waals surface area contributed by atoms with Crippen LogP contribution in [-0.2, 0) is 20.9 Å². The summed E-state index contributed by atoms with van der Waals surface area (Å²) in [5, 5.41) is 7.89. The average Bonchev–Trinajstić information content (AvgIpc) is 3.06. The minimum absolute atomic E-state index is 0.0652. The Morgan fingerprint density at radius 3 is 2.90 bits per heavy atom. The lowest BCUT2D eigenvalue weighted by atomic mass is 10.3. The standard InChI is InChI=1S/C12H15N3O4S/c1-7-5-8(11(17)18-7)20-12-14-13-9(19-12)6-15-4-2-3-10(15)16/h7-8H,2-6H2,1H3. The Hall–Kier alpha value is -1.57. The van der Waals surface area contributed by atoms with Crippen molar-refractivity contribution in [1.82, 2.24) is 15.1 Å². The van der Waals surface area contributed by atoms with Crippen LogP contribution in [0.15, 0.2) is 9.64 Å². The maximum absolute atomic E-state index is 11.5. The van der Waals surface area contributed by atoms with E-state index >= 15 is 0 Å². The van der Waals surface area contributed by atoms with Gasteiger partial charge in [0.15, 0.2) is 0 Å². The van der Waals surface area contributed by atoms with Crippen LogP contribution in [0.25, 0.3) is 0 Å². The number of nitrogens with zero attached hydrogens (tertiary/aromatic N) is 3. The zero-order valence-electron chi connectivity index (χ0n) is 11.1. The van der Waals surface area contributed by atoms with Crippen molar-refractivity contribution in [2.24, 2.45) is 0 Å². The normalized spacial score (nSPS) is 26.4. The van der Waals surface area contributed by atoms with Gasteiger partial charge in [-0.2, -0.15) is 0 Å². The number of cyclic esters (lactones) is 1. The number of rotatable bonds is 4. The lowest BCUT2D eigenvalue weighted by molar-refractivity contribution is -0.140. The van der Waals surface area contributed by atoms with Crippen molar-refractivity contribution in [2.45, 2.75) is 49.3 Å². The van der Waals surface area contributed by atoms with Crippen LogP contribution < -0.4 is 0 Å². The quantitative estimate of drug-likeness (QED) is 0.766. The summed E-state index contributed by atoms with van der Waals surface area (Å²) in [6, 6.07) is 0. The van der Waals surface area contributed by atoms with Gasteiger partial charge in [-0.05, 0) is 25.1 Å². The zero-order chi connectivity index (χ0) is 14.1. The van der Waals surface area contributed by atoms with Gasteiger partial charge in [0.2, 0.25) is 11.8 Å². The molecule has 2 atom stereocenters. The molecule has 0 spiro atoms. The van der Waals surface area contributed by atoms with E-state index in [1.54, 1.807) is 4.90 Å². The molecule has 2 unspecified atom stereocenters. The molecule has 8 heteroatoms. The Morgan fingerprint density at radius 2 is 2.25 bits per heavy atom. The van der Waals surface area contributed by atoms with Crippen molar-refractivity contribution >= 4 is 23.6 Å². The van der Waals surface area contributed by atoms with E-state index in [2.05, 4.69) is 10.2 Å². The smallest absolute Gasteiger partial charge is 0.320 e. The van der Waals surface area contributed by atoms with Crippen LogP contribution in [0.1, 0.15) is 32.1 Å². The van der Waals surface area contributed by atoms with Gasteiger partial charge in [-0.15, -0.1) is 10.2 Å². The number of esters is 1. The molecule has 0 N–H and O–H groups in total. The fourth-order valence-electron chi connectivity index (χ4n) is 2.32. The summed E-state index contributed by atoms with van der Waals surface area (Å²) in [5.41, 5.74) is 0. The Morgan fingerprint density at radius 1 is 1.40 bits per heavy atom.